The number of aliphatic hydroxyl groups excluding tert-OH is 1. The predicted octanol–water partition coefficient (Wildman–Crippen LogP) is 7.59. The van der Waals surface area contributed by atoms with Crippen molar-refractivity contribution in [2.75, 3.05) is 26.2 Å². The smallest absolute Gasteiger partial charge is 0.220 e. The molecular weight excluding hydrogens is 714 g/mol. The maximum Gasteiger partial charge on any atom is 0.220 e. The summed E-state index contributed by atoms with van der Waals surface area (Å²) in [5, 5.41) is 27.7. The Hall–Kier alpha value is -4.09. The van der Waals surface area contributed by atoms with Crippen molar-refractivity contribution in [3.05, 3.63) is 130 Å². The molecule has 4 aromatic rings. The minimum atomic E-state index is -0.887. The van der Waals surface area contributed by atoms with E-state index in [1.165, 1.54) is 6.92 Å². The van der Waals surface area contributed by atoms with Gasteiger partial charge in [-0.15, -0.1) is 0 Å². The highest BCUT2D eigenvalue weighted by Crippen LogP contribution is 2.43. The van der Waals surface area contributed by atoms with E-state index in [-0.39, 0.29) is 36.5 Å². The zero-order valence-corrected chi connectivity index (χ0v) is 32.6. The number of nitrogens with zero attached hydrogens (tertiary/aromatic N) is 1. The average Bonchev–Trinajstić information content (AvgIpc) is 3.20. The molecule has 10 heteroatoms. The lowest BCUT2D eigenvalue weighted by Gasteiger charge is -2.45. The molecule has 55 heavy (non-hydrogen) atoms. The largest absolute Gasteiger partial charge is 0.392 e. The van der Waals surface area contributed by atoms with Crippen LogP contribution in [0.2, 0.25) is 5.02 Å². The lowest BCUT2D eigenvalue weighted by molar-refractivity contribution is -0.277. The maximum absolute atomic E-state index is 12.5. The molecule has 0 aromatic heterocycles. The molecule has 0 spiro atoms. The lowest BCUT2D eigenvalue weighted by Crippen LogP contribution is -2.49. The maximum atomic E-state index is 12.5. The van der Waals surface area contributed by atoms with Crippen molar-refractivity contribution in [3.63, 3.8) is 0 Å². The second-order valence-electron chi connectivity index (χ2n) is 15.1. The molecule has 2 amide bonds. The molecule has 4 unspecified atom stereocenters. The molecule has 2 fully saturated rings. The highest BCUT2D eigenvalue weighted by Gasteiger charge is 2.41. The molecule has 4 N–H and O–H groups in total. The second kappa shape index (κ2) is 19.2. The van der Waals surface area contributed by atoms with Gasteiger partial charge in [-0.2, -0.15) is 0 Å². The second-order valence-corrected chi connectivity index (χ2v) is 15.5. The summed E-state index contributed by atoms with van der Waals surface area (Å²) < 4.78 is 13.6. The lowest BCUT2D eigenvalue weighted by atomic mass is 9.84. The van der Waals surface area contributed by atoms with Gasteiger partial charge in [0.25, 0.3) is 0 Å². The average molecular weight is 768 g/mol. The van der Waals surface area contributed by atoms with Gasteiger partial charge in [-0.05, 0) is 83.3 Å². The van der Waals surface area contributed by atoms with Gasteiger partial charge < -0.3 is 35.2 Å². The monoisotopic (exact) mass is 767 g/mol. The first-order chi connectivity index (χ1) is 26.6. The fourth-order valence-corrected chi connectivity index (χ4v) is 7.73. The first-order valence-electron chi connectivity index (χ1n) is 19.5. The van der Waals surface area contributed by atoms with E-state index in [4.69, 9.17) is 21.1 Å². The van der Waals surface area contributed by atoms with Crippen LogP contribution in [0.15, 0.2) is 97.1 Å². The fraction of sp³-hybridized carbons (Fsp3) is 0.422. The van der Waals surface area contributed by atoms with Crippen molar-refractivity contribution >= 4 is 23.4 Å². The summed E-state index contributed by atoms with van der Waals surface area (Å²) in [6.45, 7) is 6.92. The van der Waals surface area contributed by atoms with Crippen molar-refractivity contribution in [1.29, 1.82) is 0 Å². The third-order valence-electron chi connectivity index (χ3n) is 11.0. The molecule has 0 saturated carbocycles. The molecule has 4 aromatic carbocycles. The van der Waals surface area contributed by atoms with E-state index < -0.39 is 11.9 Å². The summed E-state index contributed by atoms with van der Waals surface area (Å²) >= 11 is 6.12. The summed E-state index contributed by atoms with van der Waals surface area (Å²) in [6.07, 6.45) is 3.23. The van der Waals surface area contributed by atoms with Crippen LogP contribution in [0.5, 0.6) is 0 Å². The number of carbonyl (C=O) groups excluding carboxylic acids is 2. The third kappa shape index (κ3) is 11.0. The summed E-state index contributed by atoms with van der Waals surface area (Å²) in [6, 6.07) is 31.9. The van der Waals surface area contributed by atoms with Gasteiger partial charge in [-0.25, -0.2) is 0 Å². The highest BCUT2D eigenvalue weighted by molar-refractivity contribution is 6.30. The fourth-order valence-electron chi connectivity index (χ4n) is 7.60. The Labute approximate surface area is 330 Å². The normalized spacial score (nSPS) is 21.2. The Morgan fingerprint density at radius 1 is 0.836 bits per heavy atom. The van der Waals surface area contributed by atoms with Crippen molar-refractivity contribution in [3.8, 4) is 11.1 Å². The number of piperidine rings is 1. The van der Waals surface area contributed by atoms with E-state index in [2.05, 4.69) is 46.7 Å². The van der Waals surface area contributed by atoms with Crippen LogP contribution in [-0.2, 0) is 37.8 Å². The van der Waals surface area contributed by atoms with E-state index in [9.17, 15) is 19.8 Å². The molecule has 9 nitrogen and oxygen atoms in total. The van der Waals surface area contributed by atoms with Crippen LogP contribution < -0.4 is 10.6 Å². The van der Waals surface area contributed by atoms with E-state index in [0.717, 1.165) is 71.3 Å². The number of amides is 2. The van der Waals surface area contributed by atoms with Gasteiger partial charge in [-0.3, -0.25) is 9.59 Å². The van der Waals surface area contributed by atoms with Crippen LogP contribution >= 0.6 is 11.6 Å². The van der Waals surface area contributed by atoms with E-state index >= 15 is 0 Å². The first kappa shape index (κ1) is 40.6. The first-order valence-corrected chi connectivity index (χ1v) is 19.9. The predicted molar refractivity (Wildman–Crippen MR) is 215 cm³/mol. The quantitative estimate of drug-likeness (QED) is 0.0921. The molecule has 0 aliphatic carbocycles. The van der Waals surface area contributed by atoms with Crippen LogP contribution in [-0.4, -0.2) is 59.2 Å². The number of halogens is 1. The Balaban J connectivity index is 1.13. The number of unbranched alkanes of at least 4 members (excludes halogenated alkanes) is 2. The van der Waals surface area contributed by atoms with Gasteiger partial charge in [-0.1, -0.05) is 97.7 Å². The number of rotatable bonds is 15. The minimum Gasteiger partial charge on any atom is -0.392 e. The number of aliphatic hydroxyl groups is 2. The van der Waals surface area contributed by atoms with Crippen molar-refractivity contribution < 1.29 is 29.3 Å². The van der Waals surface area contributed by atoms with Crippen molar-refractivity contribution in [1.82, 2.24) is 15.5 Å². The number of likely N-dealkylation sites (tertiary alicyclic amines) is 1. The number of carbonyl (C=O) groups is 2. The van der Waals surface area contributed by atoms with Gasteiger partial charge in [0.05, 0.1) is 24.4 Å². The van der Waals surface area contributed by atoms with E-state index in [0.29, 0.717) is 43.9 Å². The van der Waals surface area contributed by atoms with Gasteiger partial charge in [0.2, 0.25) is 11.8 Å². The Bertz CT molecular complexity index is 1860. The molecule has 2 aliphatic heterocycles. The summed E-state index contributed by atoms with van der Waals surface area (Å²) in [4.78, 5) is 25.9. The summed E-state index contributed by atoms with van der Waals surface area (Å²) in [5.74, 6) is 0.0219. The Kier molecular flexibility index (Phi) is 14.1. The number of benzene rings is 4. The van der Waals surface area contributed by atoms with Crippen molar-refractivity contribution in [2.45, 2.75) is 89.6 Å². The molecule has 0 bridgehead atoms. The number of hydrogen-bond donors (Lipinski definition) is 4. The van der Waals surface area contributed by atoms with Crippen LogP contribution in [0, 0.1) is 5.92 Å². The van der Waals surface area contributed by atoms with Crippen LogP contribution in [0.25, 0.3) is 11.1 Å². The van der Waals surface area contributed by atoms with Gasteiger partial charge in [0.15, 0.2) is 6.29 Å². The summed E-state index contributed by atoms with van der Waals surface area (Å²) in [7, 11) is 0. The van der Waals surface area contributed by atoms with E-state index in [1.54, 1.807) is 0 Å². The molecular formula is C45H54ClN3O6. The SMILES string of the molecule is CC(=O)NCCCCCC(=O)NCc1cccc(-c2cccc(C3OC(CN4CCC(O)(c5ccc(Cl)cc5)CC4)C(C)C(c4ccc(CO)cc4)O3)c2)c1. The standard InChI is InChI=1S/C45H54ClN3O6/c1-31-41(29-49-24-21-45(53,22-25-49)39-17-19-40(46)20-18-39)54-44(55-43(31)35-15-13-33(30-50)14-16-35)38-11-7-10-37(27-38)36-9-6-8-34(26-36)28-48-42(52)12-4-3-5-23-47-32(2)51/h6-11,13-20,26-27,31,41,43-44,50,53H,3-5,12,21-25,28-30H2,1-2H3,(H,47,51)(H,48,52). The zero-order valence-electron chi connectivity index (χ0n) is 31.9. The topological polar surface area (TPSA) is 120 Å². The molecule has 6 rings (SSSR count). The van der Waals surface area contributed by atoms with Gasteiger partial charge >= 0.3 is 0 Å². The molecule has 4 atom stereocenters. The number of hydrogen-bond acceptors (Lipinski definition) is 7. The van der Waals surface area contributed by atoms with Crippen LogP contribution in [0.3, 0.4) is 0 Å². The van der Waals surface area contributed by atoms with Crippen LogP contribution in [0.4, 0.5) is 0 Å². The van der Waals surface area contributed by atoms with Crippen LogP contribution in [0.1, 0.15) is 92.6 Å². The Morgan fingerprint density at radius 3 is 2.25 bits per heavy atom. The zero-order chi connectivity index (χ0) is 38.8. The highest BCUT2D eigenvalue weighted by atomic mass is 35.5. The molecule has 2 aliphatic rings. The number of nitrogens with one attached hydrogen (secondary N) is 2. The molecule has 0 radical (unpaired) electrons. The summed E-state index contributed by atoms with van der Waals surface area (Å²) in [5.41, 5.74) is 5.88. The number of ether oxygens (including phenoxy) is 2. The van der Waals surface area contributed by atoms with Gasteiger partial charge in [0.1, 0.15) is 0 Å². The van der Waals surface area contributed by atoms with Gasteiger partial charge in [0, 0.05) is 62.6 Å². The van der Waals surface area contributed by atoms with E-state index in [1.807, 2.05) is 72.8 Å². The molecule has 2 heterocycles. The minimum absolute atomic E-state index is 0.0182. The Morgan fingerprint density at radius 2 is 1.55 bits per heavy atom. The van der Waals surface area contributed by atoms with Crippen molar-refractivity contribution in [2.24, 2.45) is 5.92 Å². The molecule has 2 saturated heterocycles. The third-order valence-corrected chi connectivity index (χ3v) is 11.2. The molecule has 292 valence electrons.